The first-order chi connectivity index (χ1) is 14.2. The predicted molar refractivity (Wildman–Crippen MR) is 104 cm³/mol. The summed E-state index contributed by atoms with van der Waals surface area (Å²) in [4.78, 5) is 27.1. The first-order valence-electron chi connectivity index (χ1n) is 10.3. The minimum absolute atomic E-state index is 0.0349. The van der Waals surface area contributed by atoms with E-state index in [4.69, 9.17) is 4.74 Å². The molecule has 1 aliphatic carbocycles. The number of amides is 2. The number of fused-ring (bicyclic) bond motifs is 2. The van der Waals surface area contributed by atoms with Crippen molar-refractivity contribution >= 4 is 17.5 Å². The zero-order valence-corrected chi connectivity index (χ0v) is 16.8. The van der Waals surface area contributed by atoms with Gasteiger partial charge in [0.15, 0.2) is 0 Å². The average Bonchev–Trinajstić information content (AvgIpc) is 3.28. The minimum Gasteiger partial charge on any atom is -0.500 e. The van der Waals surface area contributed by atoms with Crippen LogP contribution in [-0.4, -0.2) is 36.4 Å². The van der Waals surface area contributed by atoms with Crippen molar-refractivity contribution in [1.29, 1.82) is 0 Å². The Morgan fingerprint density at radius 1 is 1.20 bits per heavy atom. The molecule has 2 heterocycles. The average molecular weight is 422 g/mol. The van der Waals surface area contributed by atoms with Crippen LogP contribution in [0.2, 0.25) is 0 Å². The molecule has 1 saturated carbocycles. The lowest BCUT2D eigenvalue weighted by Crippen LogP contribution is -2.46. The Labute approximate surface area is 173 Å². The lowest BCUT2D eigenvalue weighted by Gasteiger charge is -2.38. The van der Waals surface area contributed by atoms with Crippen LogP contribution in [0.5, 0.6) is 0 Å². The Morgan fingerprint density at radius 3 is 2.47 bits per heavy atom. The quantitative estimate of drug-likeness (QED) is 0.794. The topological polar surface area (TPSA) is 58.6 Å². The van der Waals surface area contributed by atoms with Crippen LogP contribution >= 0.6 is 0 Å². The Bertz CT molecular complexity index is 867. The number of carbonyl (C=O) groups is 2. The molecule has 1 aromatic rings. The molecule has 2 aliphatic heterocycles. The number of aryl methyl sites for hydroxylation is 1. The number of piperidine rings is 1. The fraction of sp³-hybridized carbons (Fsp3) is 0.545. The van der Waals surface area contributed by atoms with Crippen molar-refractivity contribution in [3.05, 3.63) is 41.2 Å². The normalized spacial score (nSPS) is 25.7. The number of hydrogen-bond donors (Lipinski definition) is 1. The number of anilines is 1. The third kappa shape index (κ3) is 4.18. The number of likely N-dealkylation sites (tertiary alicyclic amines) is 1. The highest BCUT2D eigenvalue weighted by atomic mass is 19.4. The Morgan fingerprint density at radius 2 is 1.90 bits per heavy atom. The maximum Gasteiger partial charge on any atom is 0.416 e. The van der Waals surface area contributed by atoms with Crippen molar-refractivity contribution in [2.75, 3.05) is 25.0 Å². The zero-order chi connectivity index (χ0) is 21.5. The summed E-state index contributed by atoms with van der Waals surface area (Å²) in [5, 5.41) is 2.77. The fourth-order valence-corrected chi connectivity index (χ4v) is 4.98. The number of halogens is 3. The van der Waals surface area contributed by atoms with Crippen LogP contribution in [0.3, 0.4) is 0 Å². The molecule has 1 saturated heterocycles. The van der Waals surface area contributed by atoms with Gasteiger partial charge in [-0.15, -0.1) is 0 Å². The van der Waals surface area contributed by atoms with E-state index in [9.17, 15) is 22.8 Å². The molecule has 0 radical (unpaired) electrons. The van der Waals surface area contributed by atoms with E-state index >= 15 is 0 Å². The molecule has 2 amide bonds. The highest BCUT2D eigenvalue weighted by Crippen LogP contribution is 2.44. The van der Waals surface area contributed by atoms with Crippen LogP contribution in [0, 0.1) is 24.7 Å². The lowest BCUT2D eigenvalue weighted by molar-refractivity contribution is -0.137. The van der Waals surface area contributed by atoms with Gasteiger partial charge < -0.3 is 15.0 Å². The summed E-state index contributed by atoms with van der Waals surface area (Å²) in [5.41, 5.74) is 0.772. The zero-order valence-electron chi connectivity index (χ0n) is 16.8. The molecular formula is C22H25F3N2O3. The Hall–Kier alpha value is -2.51. The van der Waals surface area contributed by atoms with Gasteiger partial charge in [-0.2, -0.15) is 13.2 Å². The lowest BCUT2D eigenvalue weighted by atomic mass is 9.82. The van der Waals surface area contributed by atoms with E-state index in [2.05, 4.69) is 5.32 Å². The molecule has 1 unspecified atom stereocenters. The molecular weight excluding hydrogens is 397 g/mol. The van der Waals surface area contributed by atoms with Gasteiger partial charge in [-0.25, -0.2) is 0 Å². The van der Waals surface area contributed by atoms with E-state index in [1.165, 1.54) is 6.07 Å². The van der Waals surface area contributed by atoms with Gasteiger partial charge in [-0.05, 0) is 61.3 Å². The summed E-state index contributed by atoms with van der Waals surface area (Å²) in [6, 6.07) is 3.34. The van der Waals surface area contributed by atoms with Crippen molar-refractivity contribution in [2.24, 2.45) is 17.8 Å². The van der Waals surface area contributed by atoms with Crippen LogP contribution in [-0.2, 0) is 20.5 Å². The van der Waals surface area contributed by atoms with Crippen LogP contribution < -0.4 is 5.32 Å². The fourth-order valence-electron chi connectivity index (χ4n) is 4.98. The smallest absolute Gasteiger partial charge is 0.416 e. The van der Waals surface area contributed by atoms with Crippen molar-refractivity contribution in [2.45, 2.75) is 38.8 Å². The third-order valence-electron chi connectivity index (χ3n) is 6.55. The number of ether oxygens (including phenoxy) is 1. The summed E-state index contributed by atoms with van der Waals surface area (Å²) in [5.74, 6) is 0.585. The summed E-state index contributed by atoms with van der Waals surface area (Å²) >= 11 is 0. The number of benzene rings is 1. The molecule has 4 rings (SSSR count). The van der Waals surface area contributed by atoms with E-state index in [1.54, 1.807) is 13.2 Å². The Balaban J connectivity index is 1.36. The van der Waals surface area contributed by atoms with Gasteiger partial charge in [-0.1, -0.05) is 0 Å². The highest BCUT2D eigenvalue weighted by Gasteiger charge is 2.44. The summed E-state index contributed by atoms with van der Waals surface area (Å²) in [6.45, 7) is 3.39. The summed E-state index contributed by atoms with van der Waals surface area (Å²) in [7, 11) is 0. The van der Waals surface area contributed by atoms with Crippen molar-refractivity contribution < 1.29 is 27.5 Å². The van der Waals surface area contributed by atoms with E-state index in [0.717, 1.165) is 25.0 Å². The summed E-state index contributed by atoms with van der Waals surface area (Å²) < 4.78 is 43.7. The maximum absolute atomic E-state index is 12.8. The van der Waals surface area contributed by atoms with E-state index in [0.29, 0.717) is 49.4 Å². The van der Waals surface area contributed by atoms with Gasteiger partial charge in [0.25, 0.3) is 5.91 Å². The van der Waals surface area contributed by atoms with E-state index in [1.807, 2.05) is 4.90 Å². The van der Waals surface area contributed by atoms with Crippen molar-refractivity contribution in [1.82, 2.24) is 4.90 Å². The molecule has 30 heavy (non-hydrogen) atoms. The van der Waals surface area contributed by atoms with Gasteiger partial charge >= 0.3 is 6.18 Å². The number of nitrogens with zero attached hydrogens (tertiary/aromatic N) is 1. The molecule has 8 heteroatoms. The first kappa shape index (κ1) is 20.8. The van der Waals surface area contributed by atoms with Crippen molar-refractivity contribution in [3.63, 3.8) is 0 Å². The molecule has 5 nitrogen and oxygen atoms in total. The highest BCUT2D eigenvalue weighted by molar-refractivity contribution is 5.94. The van der Waals surface area contributed by atoms with Gasteiger partial charge in [0, 0.05) is 31.6 Å². The Kier molecular flexibility index (Phi) is 5.51. The monoisotopic (exact) mass is 422 g/mol. The molecule has 0 aromatic heterocycles. The van der Waals surface area contributed by atoms with Gasteiger partial charge in [0.2, 0.25) is 5.91 Å². The SMILES string of the molecule is Cc1cc(C(F)(F)F)ccc1NC(=O)CC1[C@@H]2CC[C@H]1CN(C(=O)C1=COCC1)C2. The molecule has 2 bridgehead atoms. The van der Waals surface area contributed by atoms with Crippen LogP contribution in [0.4, 0.5) is 18.9 Å². The molecule has 3 aliphatic rings. The van der Waals surface area contributed by atoms with E-state index in [-0.39, 0.29) is 29.6 Å². The molecule has 3 atom stereocenters. The second kappa shape index (κ2) is 7.96. The number of rotatable bonds is 4. The van der Waals surface area contributed by atoms with Crippen LogP contribution in [0.1, 0.15) is 36.8 Å². The molecule has 1 aromatic carbocycles. The second-order valence-corrected chi connectivity index (χ2v) is 8.52. The molecule has 2 fully saturated rings. The van der Waals surface area contributed by atoms with Gasteiger partial charge in [-0.3, -0.25) is 9.59 Å². The van der Waals surface area contributed by atoms with Crippen molar-refractivity contribution in [3.8, 4) is 0 Å². The number of hydrogen-bond acceptors (Lipinski definition) is 3. The largest absolute Gasteiger partial charge is 0.500 e. The van der Waals surface area contributed by atoms with E-state index < -0.39 is 11.7 Å². The van der Waals surface area contributed by atoms with Crippen LogP contribution in [0.15, 0.2) is 30.0 Å². The second-order valence-electron chi connectivity index (χ2n) is 8.52. The standard InChI is InChI=1S/C22H25F3N2O3/c1-13-8-17(22(23,24)25)4-5-19(13)26-20(28)9-18-14-2-3-15(18)11-27(10-14)21(29)16-6-7-30-12-16/h4-5,8,12,14-15,18H,2-3,6-7,9-11H2,1H3,(H,26,28)/t14-,15+,18?. The maximum atomic E-state index is 12.8. The minimum atomic E-state index is -4.40. The number of carbonyl (C=O) groups excluding carboxylic acids is 2. The predicted octanol–water partition coefficient (Wildman–Crippen LogP) is 4.13. The van der Waals surface area contributed by atoms with Crippen LogP contribution in [0.25, 0.3) is 0 Å². The molecule has 0 spiro atoms. The third-order valence-corrected chi connectivity index (χ3v) is 6.55. The van der Waals surface area contributed by atoms with Gasteiger partial charge in [0.05, 0.1) is 24.0 Å². The molecule has 162 valence electrons. The number of alkyl halides is 3. The first-order valence-corrected chi connectivity index (χ1v) is 10.3. The summed E-state index contributed by atoms with van der Waals surface area (Å²) in [6.07, 6.45) is 0.0871. The van der Waals surface area contributed by atoms with Gasteiger partial charge in [0.1, 0.15) is 0 Å². The molecule has 1 N–H and O–H groups in total. The number of nitrogens with one attached hydrogen (secondary N) is 1.